The van der Waals surface area contributed by atoms with Crippen molar-refractivity contribution in [3.63, 3.8) is 0 Å². The zero-order valence-electron chi connectivity index (χ0n) is 12.4. The summed E-state index contributed by atoms with van der Waals surface area (Å²) in [5.74, 6) is -0.773. The molecule has 6 heteroatoms. The molecule has 1 aromatic heterocycles. The van der Waals surface area contributed by atoms with Crippen LogP contribution in [-0.4, -0.2) is 9.55 Å². The number of rotatable bonds is 1. The minimum atomic E-state index is -0.643. The minimum Gasteiger partial charge on any atom is -0.292 e. The second-order valence-electron chi connectivity index (χ2n) is 5.68. The SMILES string of the molecule is O=c1c2ccc(Cl)cc2nc2n1CC/C2=C/c1cc(F)cc(F)c1. The first-order valence-electron chi connectivity index (χ1n) is 7.38. The molecule has 0 bridgehead atoms. The summed E-state index contributed by atoms with van der Waals surface area (Å²) in [5.41, 5.74) is 1.54. The van der Waals surface area contributed by atoms with E-state index >= 15 is 0 Å². The predicted molar refractivity (Wildman–Crippen MR) is 89.9 cm³/mol. The van der Waals surface area contributed by atoms with Crippen LogP contribution < -0.4 is 5.56 Å². The van der Waals surface area contributed by atoms with Crippen LogP contribution in [0.1, 0.15) is 17.8 Å². The van der Waals surface area contributed by atoms with Crippen molar-refractivity contribution >= 4 is 34.2 Å². The van der Waals surface area contributed by atoms with Crippen molar-refractivity contribution in [1.29, 1.82) is 0 Å². The molecule has 3 aromatic rings. The maximum absolute atomic E-state index is 13.4. The Balaban J connectivity index is 1.91. The van der Waals surface area contributed by atoms with E-state index in [1.807, 2.05) is 0 Å². The largest absolute Gasteiger partial charge is 0.292 e. The lowest BCUT2D eigenvalue weighted by Gasteiger charge is -2.06. The van der Waals surface area contributed by atoms with E-state index in [1.165, 1.54) is 12.1 Å². The van der Waals surface area contributed by atoms with Gasteiger partial charge in [-0.25, -0.2) is 13.8 Å². The highest BCUT2D eigenvalue weighted by atomic mass is 35.5. The molecule has 0 saturated carbocycles. The van der Waals surface area contributed by atoms with Gasteiger partial charge in [-0.2, -0.15) is 0 Å². The van der Waals surface area contributed by atoms with Gasteiger partial charge in [0.1, 0.15) is 17.5 Å². The van der Waals surface area contributed by atoms with Crippen LogP contribution in [0.5, 0.6) is 0 Å². The molecular formula is C18H11ClF2N2O. The van der Waals surface area contributed by atoms with Crippen LogP contribution >= 0.6 is 11.6 Å². The lowest BCUT2D eigenvalue weighted by molar-refractivity contribution is 0.583. The fourth-order valence-electron chi connectivity index (χ4n) is 2.99. The molecule has 0 aliphatic carbocycles. The molecule has 3 nitrogen and oxygen atoms in total. The standard InChI is InChI=1S/C18H11ClF2N2O/c19-12-1-2-15-16(8-12)22-17-11(3-4-23(17)18(15)24)5-10-6-13(20)9-14(21)7-10/h1-2,5-9H,3-4H2/b11-5-. The molecule has 1 aliphatic rings. The van der Waals surface area contributed by atoms with Crippen molar-refractivity contribution in [2.45, 2.75) is 13.0 Å². The van der Waals surface area contributed by atoms with Gasteiger partial charge in [0.25, 0.3) is 5.56 Å². The summed E-state index contributed by atoms with van der Waals surface area (Å²) >= 11 is 5.98. The monoisotopic (exact) mass is 344 g/mol. The van der Waals surface area contributed by atoms with Gasteiger partial charge in [-0.1, -0.05) is 11.6 Å². The average molecular weight is 345 g/mol. The highest BCUT2D eigenvalue weighted by molar-refractivity contribution is 6.31. The van der Waals surface area contributed by atoms with E-state index in [-0.39, 0.29) is 5.56 Å². The molecule has 0 spiro atoms. The number of benzene rings is 2. The third-order valence-corrected chi connectivity index (χ3v) is 4.27. The summed E-state index contributed by atoms with van der Waals surface area (Å²) in [4.78, 5) is 17.1. The number of allylic oxidation sites excluding steroid dienone is 1. The quantitative estimate of drug-likeness (QED) is 0.660. The van der Waals surface area contributed by atoms with Gasteiger partial charge >= 0.3 is 0 Å². The van der Waals surface area contributed by atoms with Gasteiger partial charge in [-0.15, -0.1) is 0 Å². The van der Waals surface area contributed by atoms with Gasteiger partial charge in [0.05, 0.1) is 10.9 Å². The van der Waals surface area contributed by atoms with E-state index in [4.69, 9.17) is 11.6 Å². The van der Waals surface area contributed by atoms with Gasteiger partial charge in [0, 0.05) is 17.6 Å². The number of fused-ring (bicyclic) bond motifs is 2. The lowest BCUT2D eigenvalue weighted by atomic mass is 10.1. The third-order valence-electron chi connectivity index (χ3n) is 4.04. The Morgan fingerprint density at radius 3 is 2.62 bits per heavy atom. The molecule has 24 heavy (non-hydrogen) atoms. The van der Waals surface area contributed by atoms with E-state index in [0.29, 0.717) is 40.3 Å². The molecule has 0 unspecified atom stereocenters. The van der Waals surface area contributed by atoms with Crippen molar-refractivity contribution in [2.75, 3.05) is 0 Å². The van der Waals surface area contributed by atoms with E-state index in [2.05, 4.69) is 4.98 Å². The molecule has 0 saturated heterocycles. The fourth-order valence-corrected chi connectivity index (χ4v) is 3.15. The summed E-state index contributed by atoms with van der Waals surface area (Å²) in [6.45, 7) is 0.489. The Bertz CT molecular complexity index is 1050. The molecule has 2 aromatic carbocycles. The maximum Gasteiger partial charge on any atom is 0.261 e. The average Bonchev–Trinajstić information content (AvgIpc) is 2.89. The highest BCUT2D eigenvalue weighted by Gasteiger charge is 2.21. The minimum absolute atomic E-state index is 0.138. The molecule has 0 radical (unpaired) electrons. The Morgan fingerprint density at radius 2 is 1.88 bits per heavy atom. The van der Waals surface area contributed by atoms with Crippen molar-refractivity contribution in [3.05, 3.63) is 74.8 Å². The van der Waals surface area contributed by atoms with Gasteiger partial charge < -0.3 is 0 Å². The second-order valence-corrected chi connectivity index (χ2v) is 6.11. The number of nitrogens with zero attached hydrogens (tertiary/aromatic N) is 2. The maximum atomic E-state index is 13.4. The van der Waals surface area contributed by atoms with Gasteiger partial charge in [-0.3, -0.25) is 9.36 Å². The highest BCUT2D eigenvalue weighted by Crippen LogP contribution is 2.28. The molecular weight excluding hydrogens is 334 g/mol. The number of hydrogen-bond acceptors (Lipinski definition) is 2. The molecule has 4 rings (SSSR count). The molecule has 1 aliphatic heterocycles. The Kier molecular flexibility index (Phi) is 3.46. The van der Waals surface area contributed by atoms with Crippen molar-refractivity contribution in [3.8, 4) is 0 Å². The zero-order chi connectivity index (χ0) is 16.8. The van der Waals surface area contributed by atoms with Crippen LogP contribution in [0.25, 0.3) is 22.6 Å². The van der Waals surface area contributed by atoms with E-state index < -0.39 is 11.6 Å². The van der Waals surface area contributed by atoms with Crippen LogP contribution in [0.2, 0.25) is 5.02 Å². The van der Waals surface area contributed by atoms with Crippen LogP contribution in [0, 0.1) is 11.6 Å². The van der Waals surface area contributed by atoms with Crippen molar-refractivity contribution in [1.82, 2.24) is 9.55 Å². The summed E-state index contributed by atoms with van der Waals surface area (Å²) in [6, 6.07) is 8.26. The van der Waals surface area contributed by atoms with Gasteiger partial charge in [-0.05, 0) is 54.0 Å². The van der Waals surface area contributed by atoms with Crippen molar-refractivity contribution < 1.29 is 8.78 Å². The smallest absolute Gasteiger partial charge is 0.261 e. The van der Waals surface area contributed by atoms with Crippen LogP contribution in [0.4, 0.5) is 8.78 Å². The normalized spacial score (nSPS) is 15.2. The molecule has 2 heterocycles. The van der Waals surface area contributed by atoms with Gasteiger partial charge in [0.2, 0.25) is 0 Å². The first kappa shape index (κ1) is 15.0. The second kappa shape index (κ2) is 5.53. The van der Waals surface area contributed by atoms with E-state index in [0.717, 1.165) is 11.6 Å². The van der Waals surface area contributed by atoms with Crippen LogP contribution in [0.3, 0.4) is 0 Å². The Labute approximate surface area is 140 Å². The van der Waals surface area contributed by atoms with E-state index in [1.54, 1.807) is 28.8 Å². The molecule has 0 N–H and O–H groups in total. The summed E-state index contributed by atoms with van der Waals surface area (Å²) in [5, 5.41) is 0.997. The summed E-state index contributed by atoms with van der Waals surface area (Å²) in [7, 11) is 0. The van der Waals surface area contributed by atoms with Gasteiger partial charge in [0.15, 0.2) is 0 Å². The van der Waals surface area contributed by atoms with Crippen molar-refractivity contribution in [2.24, 2.45) is 0 Å². The fraction of sp³-hybridized carbons (Fsp3) is 0.111. The first-order chi connectivity index (χ1) is 11.5. The summed E-state index contributed by atoms with van der Waals surface area (Å²) < 4.78 is 28.3. The Morgan fingerprint density at radius 1 is 1.12 bits per heavy atom. The van der Waals surface area contributed by atoms with E-state index in [9.17, 15) is 13.6 Å². The Hall–Kier alpha value is -2.53. The van der Waals surface area contributed by atoms with Crippen LogP contribution in [0.15, 0.2) is 41.2 Å². The van der Waals surface area contributed by atoms with Crippen LogP contribution in [-0.2, 0) is 6.54 Å². The number of halogens is 3. The molecule has 120 valence electrons. The molecule has 0 fully saturated rings. The third kappa shape index (κ3) is 2.51. The lowest BCUT2D eigenvalue weighted by Crippen LogP contribution is -2.20. The number of hydrogen-bond donors (Lipinski definition) is 0. The predicted octanol–water partition coefficient (Wildman–Crippen LogP) is 4.27. The molecule has 0 amide bonds. The zero-order valence-corrected chi connectivity index (χ0v) is 13.1. The topological polar surface area (TPSA) is 34.9 Å². The molecule has 0 atom stereocenters. The number of aromatic nitrogens is 2. The first-order valence-corrected chi connectivity index (χ1v) is 7.76. The summed E-state index contributed by atoms with van der Waals surface area (Å²) in [6.07, 6.45) is 2.23.